The average Bonchev–Trinajstić information content (AvgIpc) is 3.23. The highest BCUT2D eigenvalue weighted by Gasteiger charge is 2.44. The number of allylic oxidation sites excluding steroid dienone is 6. The van der Waals surface area contributed by atoms with E-state index in [-0.39, 0.29) is 32.0 Å². The molecule has 0 aromatic rings. The second-order valence-electron chi connectivity index (χ2n) is 16.6. The Morgan fingerprint density at radius 2 is 0.949 bits per heavy atom. The van der Waals surface area contributed by atoms with Gasteiger partial charge in [0.1, 0.15) is 31.0 Å². The fourth-order valence-corrected chi connectivity index (χ4v) is 7.15. The molecule has 10 nitrogen and oxygen atoms in total. The monoisotopic (exact) mass is 837 g/mol. The van der Waals surface area contributed by atoms with Gasteiger partial charge in [0, 0.05) is 12.8 Å². The maximum Gasteiger partial charge on any atom is 0.306 e. The van der Waals surface area contributed by atoms with E-state index in [2.05, 4.69) is 50.3 Å². The fraction of sp³-hybridized carbons (Fsp3) is 0.837. The molecule has 6 atom stereocenters. The summed E-state index contributed by atoms with van der Waals surface area (Å²) >= 11 is 0. The number of unbranched alkanes of at least 4 members (excludes halogenated alkanes) is 23. The molecule has 1 saturated heterocycles. The van der Waals surface area contributed by atoms with E-state index in [0.717, 1.165) is 70.6 Å². The zero-order chi connectivity index (χ0) is 43.0. The van der Waals surface area contributed by atoms with Crippen molar-refractivity contribution in [1.82, 2.24) is 0 Å². The van der Waals surface area contributed by atoms with Crippen LogP contribution in [0.15, 0.2) is 36.5 Å². The standard InChI is InChI=1S/C49H88O10/c1-3-5-7-9-11-13-15-17-19-20-21-22-24-25-27-29-31-33-35-37-44(51)56-40-42(41-57-49-48(55)47(54)46(53)43(39-50)59-49)58-45(52)38-36-34-32-30-28-26-23-18-16-14-12-10-8-6-4-2/h12,14,17-19,23,42-43,46-50,53-55H,3-11,13,15-16,20-22,24-41H2,1-2H3/b14-12+,19-17+,23-18+/t42-,43-,46+,47?,48?,49-/m0/s1. The van der Waals surface area contributed by atoms with Crippen molar-refractivity contribution in [3.63, 3.8) is 0 Å². The molecule has 0 aromatic carbocycles. The molecule has 59 heavy (non-hydrogen) atoms. The van der Waals surface area contributed by atoms with E-state index in [4.69, 9.17) is 18.9 Å². The molecule has 1 fully saturated rings. The summed E-state index contributed by atoms with van der Waals surface area (Å²) in [6, 6.07) is 0. The van der Waals surface area contributed by atoms with Crippen LogP contribution in [0.4, 0.5) is 0 Å². The number of carbonyl (C=O) groups excluding carboxylic acids is 2. The molecule has 4 N–H and O–H groups in total. The van der Waals surface area contributed by atoms with Gasteiger partial charge in [-0.15, -0.1) is 0 Å². The quantitative estimate of drug-likeness (QED) is 0.0267. The molecule has 1 heterocycles. The first-order valence-electron chi connectivity index (χ1n) is 24.1. The topological polar surface area (TPSA) is 152 Å². The van der Waals surface area contributed by atoms with Crippen molar-refractivity contribution < 1.29 is 49.0 Å². The second kappa shape index (κ2) is 40.0. The number of aliphatic hydroxyl groups is 4. The number of hydrogen-bond donors (Lipinski definition) is 4. The number of esters is 2. The number of aliphatic hydroxyl groups excluding tert-OH is 4. The molecule has 1 rings (SSSR count). The minimum Gasteiger partial charge on any atom is -0.462 e. The highest BCUT2D eigenvalue weighted by Crippen LogP contribution is 2.23. The second-order valence-corrected chi connectivity index (χ2v) is 16.6. The number of hydrogen-bond acceptors (Lipinski definition) is 10. The summed E-state index contributed by atoms with van der Waals surface area (Å²) in [4.78, 5) is 25.4. The van der Waals surface area contributed by atoms with Crippen LogP contribution in [-0.2, 0) is 28.5 Å². The minimum atomic E-state index is -1.60. The predicted octanol–water partition coefficient (Wildman–Crippen LogP) is 10.7. The largest absolute Gasteiger partial charge is 0.462 e. The summed E-state index contributed by atoms with van der Waals surface area (Å²) in [6.07, 6.45) is 38.6. The molecule has 2 unspecified atom stereocenters. The highest BCUT2D eigenvalue weighted by molar-refractivity contribution is 5.70. The molecule has 0 aromatic heterocycles. The molecule has 0 aliphatic carbocycles. The molecule has 0 saturated carbocycles. The van der Waals surface area contributed by atoms with E-state index in [1.54, 1.807) is 0 Å². The molecule has 10 heteroatoms. The van der Waals surface area contributed by atoms with E-state index in [0.29, 0.717) is 6.42 Å². The van der Waals surface area contributed by atoms with Crippen molar-refractivity contribution in [3.8, 4) is 0 Å². The maximum atomic E-state index is 12.8. The van der Waals surface area contributed by atoms with Crippen molar-refractivity contribution >= 4 is 11.9 Å². The van der Waals surface area contributed by atoms with E-state index in [9.17, 15) is 30.0 Å². The van der Waals surface area contributed by atoms with Crippen LogP contribution >= 0.6 is 0 Å². The van der Waals surface area contributed by atoms with Crippen molar-refractivity contribution in [3.05, 3.63) is 36.5 Å². The Hall–Kier alpha value is -2.08. The Morgan fingerprint density at radius 3 is 1.46 bits per heavy atom. The van der Waals surface area contributed by atoms with Crippen molar-refractivity contribution in [2.75, 3.05) is 19.8 Å². The van der Waals surface area contributed by atoms with Crippen molar-refractivity contribution in [2.24, 2.45) is 0 Å². The summed E-state index contributed by atoms with van der Waals surface area (Å²) < 4.78 is 22.2. The smallest absolute Gasteiger partial charge is 0.306 e. The third-order valence-corrected chi connectivity index (χ3v) is 11.0. The number of rotatable bonds is 40. The van der Waals surface area contributed by atoms with Gasteiger partial charge in [0.05, 0.1) is 13.2 Å². The van der Waals surface area contributed by atoms with Crippen LogP contribution < -0.4 is 0 Å². The van der Waals surface area contributed by atoms with Crippen molar-refractivity contribution in [1.29, 1.82) is 0 Å². The van der Waals surface area contributed by atoms with Gasteiger partial charge < -0.3 is 39.4 Å². The third kappa shape index (κ3) is 31.4. The molecule has 0 amide bonds. The summed E-state index contributed by atoms with van der Waals surface area (Å²) in [5.74, 6) is -0.821. The van der Waals surface area contributed by atoms with Crippen molar-refractivity contribution in [2.45, 2.75) is 243 Å². The average molecular weight is 837 g/mol. The van der Waals surface area contributed by atoms with Crippen LogP contribution in [0, 0.1) is 0 Å². The van der Waals surface area contributed by atoms with Gasteiger partial charge in [-0.3, -0.25) is 9.59 Å². The molecule has 1 aliphatic rings. The van der Waals surface area contributed by atoms with Crippen LogP contribution in [-0.4, -0.2) is 89.0 Å². The number of carbonyl (C=O) groups is 2. The molecule has 0 radical (unpaired) electrons. The molecular formula is C49H88O10. The van der Waals surface area contributed by atoms with E-state index < -0.39 is 49.4 Å². The number of ether oxygens (including phenoxy) is 4. The van der Waals surface area contributed by atoms with Gasteiger partial charge in [0.15, 0.2) is 12.4 Å². The van der Waals surface area contributed by atoms with Crippen LogP contribution in [0.3, 0.4) is 0 Å². The minimum absolute atomic E-state index is 0.214. The van der Waals surface area contributed by atoms with Gasteiger partial charge in [0.25, 0.3) is 0 Å². The molecular weight excluding hydrogens is 749 g/mol. The third-order valence-electron chi connectivity index (χ3n) is 11.0. The van der Waals surface area contributed by atoms with Crippen LogP contribution in [0.2, 0.25) is 0 Å². The summed E-state index contributed by atoms with van der Waals surface area (Å²) in [5, 5.41) is 40.1. The molecule has 0 bridgehead atoms. The fourth-order valence-electron chi connectivity index (χ4n) is 7.15. The lowest BCUT2D eigenvalue weighted by Crippen LogP contribution is -2.59. The van der Waals surface area contributed by atoms with E-state index in [1.165, 1.54) is 103 Å². The lowest BCUT2D eigenvalue weighted by molar-refractivity contribution is -0.305. The highest BCUT2D eigenvalue weighted by atomic mass is 16.7. The molecule has 1 aliphatic heterocycles. The summed E-state index contributed by atoms with van der Waals surface area (Å²) in [7, 11) is 0. The molecule has 344 valence electrons. The van der Waals surface area contributed by atoms with E-state index >= 15 is 0 Å². The van der Waals surface area contributed by atoms with Gasteiger partial charge in [-0.25, -0.2) is 0 Å². The Morgan fingerprint density at radius 1 is 0.525 bits per heavy atom. The lowest BCUT2D eigenvalue weighted by Gasteiger charge is -2.39. The zero-order valence-electron chi connectivity index (χ0n) is 37.5. The summed E-state index contributed by atoms with van der Waals surface area (Å²) in [5.41, 5.74) is 0. The Balaban J connectivity index is 2.29. The van der Waals surface area contributed by atoms with Gasteiger partial charge >= 0.3 is 11.9 Å². The predicted molar refractivity (Wildman–Crippen MR) is 238 cm³/mol. The first-order chi connectivity index (χ1) is 28.8. The van der Waals surface area contributed by atoms with Crippen LogP contribution in [0.5, 0.6) is 0 Å². The normalized spacial score (nSPS) is 20.3. The first kappa shape index (κ1) is 54.9. The maximum absolute atomic E-state index is 12.8. The molecule has 0 spiro atoms. The zero-order valence-corrected chi connectivity index (χ0v) is 37.5. The first-order valence-corrected chi connectivity index (χ1v) is 24.1. The Bertz CT molecular complexity index is 1060. The Kier molecular flexibility index (Phi) is 37.3. The van der Waals surface area contributed by atoms with Crippen LogP contribution in [0.25, 0.3) is 0 Å². The lowest BCUT2D eigenvalue weighted by atomic mass is 9.99. The van der Waals surface area contributed by atoms with Gasteiger partial charge in [-0.1, -0.05) is 159 Å². The van der Waals surface area contributed by atoms with Gasteiger partial charge in [0.2, 0.25) is 0 Å². The SMILES string of the molecule is CCCCC/C=C/C/C=C/CCCCCCCC(=O)O[C@@H](COC(=O)CCCCCCCCCCC/C=C/CCCCCCCC)CO[C@H]1O[C@@H](CO)[C@@H](O)C(O)C1O. The van der Waals surface area contributed by atoms with Crippen LogP contribution in [0.1, 0.15) is 206 Å². The van der Waals surface area contributed by atoms with E-state index in [1.807, 2.05) is 0 Å². The van der Waals surface area contributed by atoms with Gasteiger partial charge in [-0.2, -0.15) is 0 Å². The van der Waals surface area contributed by atoms with Gasteiger partial charge in [-0.05, 0) is 70.6 Å². The summed E-state index contributed by atoms with van der Waals surface area (Å²) in [6.45, 7) is 3.39. The Labute approximate surface area is 359 Å².